The Kier molecular flexibility index (Phi) is 4.05. The molecule has 0 saturated heterocycles. The second kappa shape index (κ2) is 5.82. The van der Waals surface area contributed by atoms with E-state index in [1.165, 1.54) is 29.8 Å². The molecule has 2 aromatic rings. The van der Waals surface area contributed by atoms with Gasteiger partial charge in [0, 0.05) is 19.1 Å². The fraction of sp³-hybridized carbons (Fsp3) is 0.438. The summed E-state index contributed by atoms with van der Waals surface area (Å²) in [4.78, 5) is 24.9. The van der Waals surface area contributed by atoms with Crippen LogP contribution in [0.1, 0.15) is 26.2 Å². The van der Waals surface area contributed by atoms with Gasteiger partial charge in [0.05, 0.1) is 28.3 Å². The SMILES string of the molecule is Cn1c(=O)n(CCC#N)c(=O)c2cc(S(=O)(=O)NC3(C)CC3)ccc21. The van der Waals surface area contributed by atoms with Crippen molar-refractivity contribution in [3.63, 3.8) is 0 Å². The molecule has 0 atom stereocenters. The Balaban J connectivity index is 2.18. The maximum Gasteiger partial charge on any atom is 0.331 e. The highest BCUT2D eigenvalue weighted by Crippen LogP contribution is 2.36. The lowest BCUT2D eigenvalue weighted by molar-refractivity contribution is 0.558. The zero-order chi connectivity index (χ0) is 18.4. The van der Waals surface area contributed by atoms with Crippen LogP contribution < -0.4 is 16.0 Å². The lowest BCUT2D eigenvalue weighted by Crippen LogP contribution is -2.39. The first-order valence-corrected chi connectivity index (χ1v) is 9.31. The number of nitriles is 1. The Morgan fingerprint density at radius 2 is 2.00 bits per heavy atom. The molecule has 0 amide bonds. The van der Waals surface area contributed by atoms with Gasteiger partial charge in [0.15, 0.2) is 0 Å². The number of nitrogens with one attached hydrogen (secondary N) is 1. The Labute approximate surface area is 144 Å². The first-order chi connectivity index (χ1) is 11.7. The molecule has 0 aliphatic heterocycles. The van der Waals surface area contributed by atoms with Crippen molar-refractivity contribution in [2.45, 2.75) is 43.2 Å². The molecule has 9 heteroatoms. The van der Waals surface area contributed by atoms with E-state index in [0.29, 0.717) is 5.52 Å². The zero-order valence-electron chi connectivity index (χ0n) is 13.9. The van der Waals surface area contributed by atoms with Crippen LogP contribution in [0.3, 0.4) is 0 Å². The molecule has 1 fully saturated rings. The van der Waals surface area contributed by atoms with E-state index in [0.717, 1.165) is 17.4 Å². The van der Waals surface area contributed by atoms with Gasteiger partial charge in [0.1, 0.15) is 0 Å². The van der Waals surface area contributed by atoms with Crippen LogP contribution in [0.5, 0.6) is 0 Å². The van der Waals surface area contributed by atoms with Crippen molar-refractivity contribution in [3.8, 4) is 6.07 Å². The maximum atomic E-state index is 12.6. The maximum absolute atomic E-state index is 12.6. The molecule has 0 spiro atoms. The molecule has 132 valence electrons. The summed E-state index contributed by atoms with van der Waals surface area (Å²) in [6, 6.07) is 6.02. The predicted molar refractivity (Wildman–Crippen MR) is 91.6 cm³/mol. The lowest BCUT2D eigenvalue weighted by atomic mass is 10.2. The molecule has 0 bridgehead atoms. The van der Waals surface area contributed by atoms with Crippen molar-refractivity contribution in [3.05, 3.63) is 39.0 Å². The van der Waals surface area contributed by atoms with Crippen LogP contribution in [-0.4, -0.2) is 23.1 Å². The van der Waals surface area contributed by atoms with Gasteiger partial charge in [0.2, 0.25) is 10.0 Å². The Bertz CT molecular complexity index is 1120. The van der Waals surface area contributed by atoms with E-state index >= 15 is 0 Å². The molecule has 1 N–H and O–H groups in total. The van der Waals surface area contributed by atoms with Gasteiger partial charge in [-0.3, -0.25) is 13.9 Å². The minimum absolute atomic E-state index is 0.0125. The summed E-state index contributed by atoms with van der Waals surface area (Å²) in [5.41, 5.74) is -1.21. The molecule has 3 rings (SSSR count). The van der Waals surface area contributed by atoms with Crippen molar-refractivity contribution in [1.82, 2.24) is 13.9 Å². The molecule has 1 aromatic carbocycles. The number of rotatable bonds is 5. The van der Waals surface area contributed by atoms with Crippen LogP contribution >= 0.6 is 0 Å². The van der Waals surface area contributed by atoms with Crippen molar-refractivity contribution >= 4 is 20.9 Å². The third-order valence-electron chi connectivity index (χ3n) is 4.46. The highest BCUT2D eigenvalue weighted by Gasteiger charge is 2.41. The summed E-state index contributed by atoms with van der Waals surface area (Å²) < 4.78 is 29.9. The van der Waals surface area contributed by atoms with Crippen LogP contribution in [0.4, 0.5) is 0 Å². The van der Waals surface area contributed by atoms with E-state index in [-0.39, 0.29) is 23.2 Å². The van der Waals surface area contributed by atoms with E-state index in [4.69, 9.17) is 5.26 Å². The van der Waals surface area contributed by atoms with E-state index in [1.54, 1.807) is 0 Å². The quantitative estimate of drug-likeness (QED) is 0.829. The van der Waals surface area contributed by atoms with Gasteiger partial charge >= 0.3 is 5.69 Å². The standard InChI is InChI=1S/C16H18N4O4S/c1-16(6-7-16)18-25(23,24)11-4-5-13-12(10-11)14(21)20(9-3-8-17)15(22)19(13)2/h4-5,10,18H,3,6-7,9H2,1-2H3. The smallest absolute Gasteiger partial charge is 0.296 e. The highest BCUT2D eigenvalue weighted by atomic mass is 32.2. The summed E-state index contributed by atoms with van der Waals surface area (Å²) in [5.74, 6) is 0. The van der Waals surface area contributed by atoms with Gasteiger partial charge in [-0.25, -0.2) is 17.9 Å². The first-order valence-electron chi connectivity index (χ1n) is 7.83. The van der Waals surface area contributed by atoms with Gasteiger partial charge in [-0.2, -0.15) is 5.26 Å². The molecular weight excluding hydrogens is 344 g/mol. The highest BCUT2D eigenvalue weighted by molar-refractivity contribution is 7.89. The Hall–Kier alpha value is -2.44. The number of hydrogen-bond donors (Lipinski definition) is 1. The zero-order valence-corrected chi connectivity index (χ0v) is 14.8. The van der Waals surface area contributed by atoms with Crippen molar-refractivity contribution in [1.29, 1.82) is 5.26 Å². The molecule has 25 heavy (non-hydrogen) atoms. The Morgan fingerprint density at radius 1 is 1.32 bits per heavy atom. The molecular formula is C16H18N4O4S. The average molecular weight is 362 g/mol. The van der Waals surface area contributed by atoms with Crippen LogP contribution in [0.15, 0.2) is 32.7 Å². The normalized spacial score (nSPS) is 15.9. The minimum atomic E-state index is -3.75. The van der Waals surface area contributed by atoms with E-state index in [9.17, 15) is 18.0 Å². The van der Waals surface area contributed by atoms with Crippen molar-refractivity contribution in [2.75, 3.05) is 0 Å². The van der Waals surface area contributed by atoms with Gasteiger partial charge < -0.3 is 0 Å². The number of aryl methyl sites for hydroxylation is 1. The summed E-state index contributed by atoms with van der Waals surface area (Å²) >= 11 is 0. The summed E-state index contributed by atoms with van der Waals surface area (Å²) in [6.45, 7) is 1.79. The third-order valence-corrected chi connectivity index (χ3v) is 6.10. The van der Waals surface area contributed by atoms with Crippen LogP contribution in [0, 0.1) is 11.3 Å². The fourth-order valence-electron chi connectivity index (χ4n) is 2.69. The molecule has 0 radical (unpaired) electrons. The molecule has 1 aliphatic rings. The van der Waals surface area contributed by atoms with Gasteiger partial charge in [0.25, 0.3) is 5.56 Å². The largest absolute Gasteiger partial charge is 0.331 e. The number of fused-ring (bicyclic) bond motifs is 1. The number of sulfonamides is 1. The summed E-state index contributed by atoms with van der Waals surface area (Å²) in [5, 5.41) is 8.82. The van der Waals surface area contributed by atoms with Gasteiger partial charge in [-0.15, -0.1) is 0 Å². The predicted octanol–water partition coefficient (Wildman–Crippen LogP) is 0.445. The second-order valence-electron chi connectivity index (χ2n) is 6.55. The molecule has 8 nitrogen and oxygen atoms in total. The van der Waals surface area contributed by atoms with E-state index in [1.807, 2.05) is 13.0 Å². The van der Waals surface area contributed by atoms with E-state index < -0.39 is 26.8 Å². The third kappa shape index (κ3) is 3.10. The van der Waals surface area contributed by atoms with Crippen molar-refractivity contribution < 1.29 is 8.42 Å². The topological polar surface area (TPSA) is 114 Å². The molecule has 1 aromatic heterocycles. The van der Waals surface area contributed by atoms with Crippen LogP contribution in [0.2, 0.25) is 0 Å². The molecule has 1 aliphatic carbocycles. The molecule has 1 saturated carbocycles. The summed E-state index contributed by atoms with van der Waals surface area (Å²) in [6.07, 6.45) is 1.56. The van der Waals surface area contributed by atoms with Crippen LogP contribution in [-0.2, 0) is 23.6 Å². The van der Waals surface area contributed by atoms with Gasteiger partial charge in [-0.05, 0) is 38.0 Å². The fourth-order valence-corrected chi connectivity index (χ4v) is 4.19. The molecule has 0 unspecified atom stereocenters. The monoisotopic (exact) mass is 362 g/mol. The number of hydrogen-bond acceptors (Lipinski definition) is 5. The van der Waals surface area contributed by atoms with Crippen molar-refractivity contribution in [2.24, 2.45) is 7.05 Å². The second-order valence-corrected chi connectivity index (χ2v) is 8.23. The number of aromatic nitrogens is 2. The number of benzene rings is 1. The lowest BCUT2D eigenvalue weighted by Gasteiger charge is -2.14. The average Bonchev–Trinajstić information content (AvgIpc) is 3.28. The van der Waals surface area contributed by atoms with Gasteiger partial charge in [-0.1, -0.05) is 0 Å². The van der Waals surface area contributed by atoms with Crippen LogP contribution in [0.25, 0.3) is 10.9 Å². The number of nitrogens with zero attached hydrogens (tertiary/aromatic N) is 3. The summed E-state index contributed by atoms with van der Waals surface area (Å²) in [7, 11) is -2.25. The Morgan fingerprint density at radius 3 is 2.60 bits per heavy atom. The minimum Gasteiger partial charge on any atom is -0.296 e. The molecule has 1 heterocycles. The first kappa shape index (κ1) is 17.4. The van der Waals surface area contributed by atoms with E-state index in [2.05, 4.69) is 4.72 Å².